The van der Waals surface area contributed by atoms with Gasteiger partial charge in [-0.3, -0.25) is 0 Å². The lowest BCUT2D eigenvalue weighted by atomic mass is 9.78. The molecule has 0 spiro atoms. The largest absolute Gasteiger partial charge is 0.394 e. The van der Waals surface area contributed by atoms with Gasteiger partial charge >= 0.3 is 0 Å². The minimum absolute atomic E-state index is 0.103. The highest BCUT2D eigenvalue weighted by atomic mass is 16.6. The van der Waals surface area contributed by atoms with Crippen LogP contribution in [-0.4, -0.2) is 118 Å². The second-order valence-electron chi connectivity index (χ2n) is 8.21. The fraction of sp³-hybridized carbons (Fsp3) is 1.00. The molecule has 4 saturated heterocycles. The quantitative estimate of drug-likeness (QED) is 0.171. The fourth-order valence-electron chi connectivity index (χ4n) is 4.47. The summed E-state index contributed by atoms with van der Waals surface area (Å²) in [5.41, 5.74) is 0. The van der Waals surface area contributed by atoms with Crippen LogP contribution >= 0.6 is 0 Å². The number of aliphatic hydroxyl groups excluding tert-OH is 6. The molecule has 0 aromatic rings. The number of ether oxygens (including phenoxy) is 4. The summed E-state index contributed by atoms with van der Waals surface area (Å²) in [7, 11) is 0. The van der Waals surface area contributed by atoms with Gasteiger partial charge in [0.2, 0.25) is 0 Å². The van der Waals surface area contributed by atoms with Crippen LogP contribution in [0.3, 0.4) is 0 Å². The summed E-state index contributed by atoms with van der Waals surface area (Å²) in [6.07, 6.45) is -4.03. The van der Waals surface area contributed by atoms with Gasteiger partial charge in [-0.2, -0.15) is 0 Å². The Morgan fingerprint density at radius 1 is 0.571 bits per heavy atom. The zero-order chi connectivity index (χ0) is 20.0. The van der Waals surface area contributed by atoms with Gasteiger partial charge in [0.1, 0.15) is 24.4 Å². The third kappa shape index (κ3) is 4.36. The van der Waals surface area contributed by atoms with Crippen molar-refractivity contribution in [2.45, 2.75) is 73.9 Å². The zero-order valence-electron chi connectivity index (χ0n) is 15.5. The van der Waals surface area contributed by atoms with Crippen molar-refractivity contribution < 1.29 is 49.6 Å². The van der Waals surface area contributed by atoms with E-state index in [4.69, 9.17) is 24.1 Å². The molecule has 10 heteroatoms. The van der Waals surface area contributed by atoms with E-state index in [1.165, 1.54) is 0 Å². The third-order valence-electron chi connectivity index (χ3n) is 6.40. The number of hydrogen-bond donors (Lipinski definition) is 6. The topological polar surface area (TPSA) is 172 Å². The highest BCUT2D eigenvalue weighted by Gasteiger charge is 2.58. The Balaban J connectivity index is 1.44. The van der Waals surface area contributed by atoms with Gasteiger partial charge in [0.05, 0.1) is 63.1 Å². The van der Waals surface area contributed by atoms with Gasteiger partial charge < -0.3 is 49.6 Å². The molecular formula is C18H30O10. The van der Waals surface area contributed by atoms with Gasteiger partial charge in [-0.1, -0.05) is 0 Å². The van der Waals surface area contributed by atoms with Gasteiger partial charge in [-0.05, 0) is 6.42 Å². The highest BCUT2D eigenvalue weighted by molar-refractivity contribution is 5.05. The molecule has 0 aliphatic carbocycles. The van der Waals surface area contributed by atoms with Crippen molar-refractivity contribution >= 4 is 0 Å². The Morgan fingerprint density at radius 2 is 1.07 bits per heavy atom. The first kappa shape index (κ1) is 20.9. The lowest BCUT2D eigenvalue weighted by Crippen LogP contribution is -2.44. The first-order chi connectivity index (χ1) is 13.5. The van der Waals surface area contributed by atoms with Gasteiger partial charge in [0.15, 0.2) is 0 Å². The average Bonchev–Trinajstić information content (AvgIpc) is 3.51. The van der Waals surface area contributed by atoms with Crippen molar-refractivity contribution in [2.75, 3.05) is 26.4 Å². The number of aliphatic hydroxyl groups is 6. The summed E-state index contributed by atoms with van der Waals surface area (Å²) >= 11 is 0. The monoisotopic (exact) mass is 406 g/mol. The summed E-state index contributed by atoms with van der Waals surface area (Å²) in [5.74, 6) is -1.10. The van der Waals surface area contributed by atoms with Crippen LogP contribution in [0, 0.1) is 11.8 Å². The normalized spacial score (nSPS) is 45.2. The molecule has 0 amide bonds. The molecule has 0 aromatic heterocycles. The summed E-state index contributed by atoms with van der Waals surface area (Å²) in [4.78, 5) is 0. The fourth-order valence-corrected chi connectivity index (χ4v) is 4.47. The molecule has 162 valence electrons. The van der Waals surface area contributed by atoms with Crippen molar-refractivity contribution in [3.63, 3.8) is 0 Å². The Morgan fingerprint density at radius 3 is 1.54 bits per heavy atom. The molecule has 4 aliphatic heterocycles. The van der Waals surface area contributed by atoms with Crippen LogP contribution in [0.4, 0.5) is 0 Å². The maximum Gasteiger partial charge on any atom is 0.108 e. The second-order valence-corrected chi connectivity index (χ2v) is 8.21. The maximum atomic E-state index is 11.2. The van der Waals surface area contributed by atoms with E-state index < -0.39 is 36.3 Å². The highest BCUT2D eigenvalue weighted by Crippen LogP contribution is 2.45. The van der Waals surface area contributed by atoms with Crippen LogP contribution in [0.15, 0.2) is 0 Å². The average molecular weight is 406 g/mol. The summed E-state index contributed by atoms with van der Waals surface area (Å²) < 4.78 is 21.7. The van der Waals surface area contributed by atoms with E-state index >= 15 is 0 Å². The van der Waals surface area contributed by atoms with Gasteiger partial charge in [-0.25, -0.2) is 0 Å². The second kappa shape index (κ2) is 8.38. The van der Waals surface area contributed by atoms with Gasteiger partial charge in [0, 0.05) is 18.3 Å². The van der Waals surface area contributed by atoms with Crippen LogP contribution in [0.5, 0.6) is 0 Å². The zero-order valence-corrected chi connectivity index (χ0v) is 15.5. The molecule has 0 radical (unpaired) electrons. The number of epoxide rings is 4. The Bertz CT molecular complexity index is 534. The van der Waals surface area contributed by atoms with Crippen molar-refractivity contribution in [2.24, 2.45) is 11.8 Å². The Labute approximate surface area is 162 Å². The van der Waals surface area contributed by atoms with E-state index in [9.17, 15) is 25.5 Å². The molecule has 0 bridgehead atoms. The van der Waals surface area contributed by atoms with Crippen molar-refractivity contribution in [3.8, 4) is 0 Å². The summed E-state index contributed by atoms with van der Waals surface area (Å²) in [6.45, 7) is -0.595. The summed E-state index contributed by atoms with van der Waals surface area (Å²) in [6, 6.07) is 0. The molecule has 28 heavy (non-hydrogen) atoms. The number of hydrogen-bond acceptors (Lipinski definition) is 10. The molecule has 12 atom stereocenters. The van der Waals surface area contributed by atoms with E-state index in [0.29, 0.717) is 6.42 Å². The van der Waals surface area contributed by atoms with Crippen LogP contribution in [0.2, 0.25) is 0 Å². The predicted molar refractivity (Wildman–Crippen MR) is 91.2 cm³/mol. The summed E-state index contributed by atoms with van der Waals surface area (Å²) in [5, 5.41) is 59.1. The third-order valence-corrected chi connectivity index (χ3v) is 6.40. The molecule has 6 N–H and O–H groups in total. The molecule has 4 fully saturated rings. The van der Waals surface area contributed by atoms with Crippen molar-refractivity contribution in [1.82, 2.24) is 0 Å². The molecule has 0 aromatic carbocycles. The molecule has 4 aliphatic rings. The predicted octanol–water partition coefficient (Wildman–Crippen LogP) is -3.24. The first-order valence-corrected chi connectivity index (χ1v) is 9.93. The molecule has 12 unspecified atom stereocenters. The minimum Gasteiger partial charge on any atom is -0.394 e. The Hall–Kier alpha value is -0.400. The number of rotatable bonds is 13. The lowest BCUT2D eigenvalue weighted by molar-refractivity contribution is -0.0447. The van der Waals surface area contributed by atoms with Crippen LogP contribution in [-0.2, 0) is 18.9 Å². The smallest absolute Gasteiger partial charge is 0.108 e. The minimum atomic E-state index is -1.02. The standard InChI is InChI=1S/C18H30O10/c19-3-11-9(25-11)1-7(17-13(5-21)27-17)16(24)15(18-14(6-22)28-18)8(23)2-10-12(4-20)26-10/h7-24H,1-6H2. The molecule has 4 heterocycles. The van der Waals surface area contributed by atoms with Crippen LogP contribution in [0.25, 0.3) is 0 Å². The van der Waals surface area contributed by atoms with Crippen molar-refractivity contribution in [3.05, 3.63) is 0 Å². The van der Waals surface area contributed by atoms with E-state index in [2.05, 4.69) is 0 Å². The first-order valence-electron chi connectivity index (χ1n) is 9.93. The molecule has 4 rings (SSSR count). The van der Waals surface area contributed by atoms with Crippen LogP contribution in [0.1, 0.15) is 12.8 Å². The lowest BCUT2D eigenvalue weighted by Gasteiger charge is -2.31. The molecule has 0 saturated carbocycles. The Kier molecular flexibility index (Phi) is 6.24. The van der Waals surface area contributed by atoms with Gasteiger partial charge in [0.25, 0.3) is 0 Å². The van der Waals surface area contributed by atoms with Gasteiger partial charge in [-0.15, -0.1) is 0 Å². The van der Waals surface area contributed by atoms with Crippen molar-refractivity contribution in [1.29, 1.82) is 0 Å². The van der Waals surface area contributed by atoms with Crippen LogP contribution < -0.4 is 0 Å². The van der Waals surface area contributed by atoms with E-state index in [0.717, 1.165) is 0 Å². The molecule has 10 nitrogen and oxygen atoms in total. The molecular weight excluding hydrogens is 376 g/mol. The van der Waals surface area contributed by atoms with E-state index in [1.807, 2.05) is 0 Å². The van der Waals surface area contributed by atoms with E-state index in [-0.39, 0.29) is 69.5 Å². The maximum absolute atomic E-state index is 11.2. The van der Waals surface area contributed by atoms with E-state index in [1.54, 1.807) is 0 Å². The SMILES string of the molecule is OCC1OC1CC(O)C(C(O)C(CC1OC1CO)C1OC1CO)C1OC1CO.